The molecule has 1 unspecified atom stereocenters. The number of hydrogen-bond donors (Lipinski definition) is 0. The molecule has 1 heterocycles. The maximum Gasteiger partial charge on any atom is 0.273 e. The summed E-state index contributed by atoms with van der Waals surface area (Å²) in [6, 6.07) is 0.272. The highest BCUT2D eigenvalue weighted by atomic mass is 32.2. The molecular formula is C11H18N2OS2. The van der Waals surface area contributed by atoms with E-state index in [4.69, 9.17) is 0 Å². The highest BCUT2D eigenvalue weighted by Gasteiger charge is 2.18. The molecule has 0 fully saturated rings. The Morgan fingerprint density at radius 2 is 2.44 bits per heavy atom. The van der Waals surface area contributed by atoms with Gasteiger partial charge in [-0.3, -0.25) is 4.79 Å². The van der Waals surface area contributed by atoms with E-state index in [1.807, 2.05) is 18.8 Å². The van der Waals surface area contributed by atoms with Gasteiger partial charge in [-0.15, -0.1) is 11.3 Å². The van der Waals surface area contributed by atoms with Crippen LogP contribution in [0.15, 0.2) is 10.9 Å². The zero-order valence-electron chi connectivity index (χ0n) is 9.97. The van der Waals surface area contributed by atoms with Gasteiger partial charge < -0.3 is 4.90 Å². The lowest BCUT2D eigenvalue weighted by atomic mass is 10.2. The fourth-order valence-corrected chi connectivity index (χ4v) is 2.61. The Hall–Kier alpha value is -0.550. The van der Waals surface area contributed by atoms with Crippen LogP contribution in [0.25, 0.3) is 0 Å². The lowest BCUT2D eigenvalue weighted by molar-refractivity contribution is 0.0736. The lowest BCUT2D eigenvalue weighted by Crippen LogP contribution is -2.35. The second-order valence-corrected chi connectivity index (χ2v) is 5.74. The Morgan fingerprint density at radius 1 is 1.69 bits per heavy atom. The van der Waals surface area contributed by atoms with Crippen LogP contribution in [0.5, 0.6) is 0 Å². The summed E-state index contributed by atoms with van der Waals surface area (Å²) >= 11 is 3.37. The van der Waals surface area contributed by atoms with Crippen LogP contribution in [0.1, 0.15) is 30.8 Å². The van der Waals surface area contributed by atoms with Crippen molar-refractivity contribution in [3.63, 3.8) is 0 Å². The summed E-state index contributed by atoms with van der Waals surface area (Å²) in [4.78, 5) is 17.8. The van der Waals surface area contributed by atoms with E-state index in [-0.39, 0.29) is 11.9 Å². The summed E-state index contributed by atoms with van der Waals surface area (Å²) < 4.78 is 0. The summed E-state index contributed by atoms with van der Waals surface area (Å²) in [5.41, 5.74) is 2.25. The number of amides is 1. The van der Waals surface area contributed by atoms with Crippen molar-refractivity contribution < 1.29 is 4.79 Å². The smallest absolute Gasteiger partial charge is 0.273 e. The fourth-order valence-electron chi connectivity index (χ4n) is 1.29. The van der Waals surface area contributed by atoms with Crippen LogP contribution in [-0.4, -0.2) is 40.4 Å². The van der Waals surface area contributed by atoms with Gasteiger partial charge in [0.15, 0.2) is 0 Å². The first kappa shape index (κ1) is 13.5. The van der Waals surface area contributed by atoms with Crippen LogP contribution in [0, 0.1) is 0 Å². The van der Waals surface area contributed by atoms with Crippen LogP contribution in [0.3, 0.4) is 0 Å². The Balaban J connectivity index is 2.44. The van der Waals surface area contributed by atoms with Crippen LogP contribution in [0.2, 0.25) is 0 Å². The minimum absolute atomic E-state index is 0.0234. The summed E-state index contributed by atoms with van der Waals surface area (Å²) in [6.45, 7) is 4.24. The molecule has 0 aliphatic rings. The van der Waals surface area contributed by atoms with Crippen LogP contribution in [-0.2, 0) is 0 Å². The first-order valence-corrected chi connectivity index (χ1v) is 7.49. The van der Waals surface area contributed by atoms with Crippen LogP contribution < -0.4 is 0 Å². The zero-order valence-corrected chi connectivity index (χ0v) is 11.6. The summed E-state index contributed by atoms with van der Waals surface area (Å²) in [6.07, 6.45) is 1.03. The van der Waals surface area contributed by atoms with Gasteiger partial charge in [-0.1, -0.05) is 6.92 Å². The molecule has 1 amide bonds. The maximum atomic E-state index is 11.9. The Labute approximate surface area is 105 Å². The molecule has 0 N–H and O–H groups in total. The minimum Gasteiger partial charge on any atom is -0.338 e. The molecule has 1 rings (SSSR count). The number of rotatable bonds is 6. The molecule has 1 aromatic rings. The first-order valence-electron chi connectivity index (χ1n) is 5.40. The molecule has 1 aromatic heterocycles. The third-order valence-corrected chi connectivity index (χ3v) is 4.04. The summed E-state index contributed by atoms with van der Waals surface area (Å²) in [5, 5.41) is 1.80. The number of nitrogens with zero attached hydrogens (tertiary/aromatic N) is 2. The van der Waals surface area contributed by atoms with Crippen molar-refractivity contribution >= 4 is 29.0 Å². The zero-order chi connectivity index (χ0) is 12.0. The average Bonchev–Trinajstić information content (AvgIpc) is 2.80. The average molecular weight is 258 g/mol. The normalized spacial score (nSPS) is 12.4. The first-order chi connectivity index (χ1) is 7.66. The van der Waals surface area contributed by atoms with E-state index in [0.29, 0.717) is 5.69 Å². The fraction of sp³-hybridized carbons (Fsp3) is 0.636. The lowest BCUT2D eigenvalue weighted by Gasteiger charge is -2.24. The third-order valence-electron chi connectivity index (χ3n) is 2.52. The quantitative estimate of drug-likeness (QED) is 0.736. The Morgan fingerprint density at radius 3 is 3.00 bits per heavy atom. The van der Waals surface area contributed by atoms with Gasteiger partial charge in [0.25, 0.3) is 5.91 Å². The number of carbonyl (C=O) groups is 1. The van der Waals surface area contributed by atoms with Crippen molar-refractivity contribution in [1.82, 2.24) is 9.88 Å². The van der Waals surface area contributed by atoms with Gasteiger partial charge in [-0.2, -0.15) is 11.8 Å². The molecule has 0 radical (unpaired) electrons. The number of thiazole rings is 1. The van der Waals surface area contributed by atoms with E-state index in [1.54, 1.807) is 15.8 Å². The van der Waals surface area contributed by atoms with E-state index in [2.05, 4.69) is 18.8 Å². The molecule has 5 heteroatoms. The highest BCUT2D eigenvalue weighted by molar-refractivity contribution is 7.99. The standard InChI is InChI=1S/C11H18N2OS2/c1-4-15-6-5-9(2)13(3)11(14)10-7-16-8-12-10/h7-9H,4-6H2,1-3H3. The molecule has 1 atom stereocenters. The molecule has 0 aliphatic heterocycles. The van der Waals surface area contributed by atoms with E-state index in [0.717, 1.165) is 17.9 Å². The SMILES string of the molecule is CCSCCC(C)N(C)C(=O)c1cscn1. The van der Waals surface area contributed by atoms with Gasteiger partial charge in [-0.05, 0) is 24.9 Å². The Kier molecular flexibility index (Phi) is 5.84. The topological polar surface area (TPSA) is 33.2 Å². The van der Waals surface area contributed by atoms with Gasteiger partial charge in [0, 0.05) is 18.5 Å². The third kappa shape index (κ3) is 3.79. The number of aromatic nitrogens is 1. The minimum atomic E-state index is 0.0234. The van der Waals surface area contributed by atoms with Crippen molar-refractivity contribution in [3.05, 3.63) is 16.6 Å². The van der Waals surface area contributed by atoms with Crippen molar-refractivity contribution in [2.75, 3.05) is 18.6 Å². The van der Waals surface area contributed by atoms with E-state index in [9.17, 15) is 4.79 Å². The van der Waals surface area contributed by atoms with Gasteiger partial charge >= 0.3 is 0 Å². The molecule has 3 nitrogen and oxygen atoms in total. The van der Waals surface area contributed by atoms with Crippen LogP contribution in [0.4, 0.5) is 0 Å². The monoisotopic (exact) mass is 258 g/mol. The van der Waals surface area contributed by atoms with Crippen molar-refractivity contribution in [1.29, 1.82) is 0 Å². The predicted octanol–water partition coefficient (Wildman–Crippen LogP) is 2.75. The molecule has 90 valence electrons. The van der Waals surface area contributed by atoms with Gasteiger partial charge in [0.2, 0.25) is 0 Å². The maximum absolute atomic E-state index is 11.9. The predicted molar refractivity (Wildman–Crippen MR) is 71.3 cm³/mol. The molecule has 0 aliphatic carbocycles. The molecule has 0 saturated heterocycles. The second-order valence-electron chi connectivity index (χ2n) is 3.62. The molecule has 0 aromatic carbocycles. The second kappa shape index (κ2) is 6.91. The molecule has 16 heavy (non-hydrogen) atoms. The van der Waals surface area contributed by atoms with Gasteiger partial charge in [0.05, 0.1) is 5.51 Å². The summed E-state index contributed by atoms with van der Waals surface area (Å²) in [7, 11) is 1.85. The Bertz CT molecular complexity index is 314. The van der Waals surface area contributed by atoms with Crippen molar-refractivity contribution in [3.8, 4) is 0 Å². The molecule has 0 bridgehead atoms. The number of hydrogen-bond acceptors (Lipinski definition) is 4. The van der Waals surface area contributed by atoms with E-state index >= 15 is 0 Å². The van der Waals surface area contributed by atoms with E-state index in [1.165, 1.54) is 11.3 Å². The number of carbonyl (C=O) groups excluding carboxylic acids is 1. The molecular weight excluding hydrogens is 240 g/mol. The highest BCUT2D eigenvalue weighted by Crippen LogP contribution is 2.11. The largest absolute Gasteiger partial charge is 0.338 e. The number of thioether (sulfide) groups is 1. The van der Waals surface area contributed by atoms with Crippen molar-refractivity contribution in [2.24, 2.45) is 0 Å². The van der Waals surface area contributed by atoms with E-state index < -0.39 is 0 Å². The van der Waals surface area contributed by atoms with Gasteiger partial charge in [0.1, 0.15) is 5.69 Å². The van der Waals surface area contributed by atoms with Gasteiger partial charge in [-0.25, -0.2) is 4.98 Å². The van der Waals surface area contributed by atoms with Crippen LogP contribution >= 0.6 is 23.1 Å². The molecule has 0 saturated carbocycles. The van der Waals surface area contributed by atoms with Crippen molar-refractivity contribution in [2.45, 2.75) is 26.3 Å². The summed E-state index contributed by atoms with van der Waals surface area (Å²) in [5.74, 6) is 2.26. The molecule has 0 spiro atoms.